The predicted octanol–water partition coefficient (Wildman–Crippen LogP) is 1.29. The van der Waals surface area contributed by atoms with Crippen molar-refractivity contribution < 1.29 is 9.90 Å². The van der Waals surface area contributed by atoms with E-state index in [1.165, 1.54) is 4.68 Å². The van der Waals surface area contributed by atoms with Crippen LogP contribution in [-0.2, 0) is 11.2 Å². The summed E-state index contributed by atoms with van der Waals surface area (Å²) >= 11 is 0. The summed E-state index contributed by atoms with van der Waals surface area (Å²) in [5, 5.41) is 24.4. The van der Waals surface area contributed by atoms with Crippen LogP contribution in [0.25, 0.3) is 0 Å². The Hall–Kier alpha value is -2.28. The van der Waals surface area contributed by atoms with Gasteiger partial charge in [-0.2, -0.15) is 0 Å². The fourth-order valence-corrected chi connectivity index (χ4v) is 2.28. The lowest BCUT2D eigenvalue weighted by Crippen LogP contribution is -2.42. The monoisotopic (exact) mass is 331 g/mol. The zero-order valence-electron chi connectivity index (χ0n) is 14.6. The number of aliphatic hydroxyl groups is 1. The van der Waals surface area contributed by atoms with Gasteiger partial charge in [-0.25, -0.2) is 4.68 Å². The molecule has 0 bridgehead atoms. The molecule has 24 heavy (non-hydrogen) atoms. The van der Waals surface area contributed by atoms with E-state index in [9.17, 15) is 9.90 Å². The van der Waals surface area contributed by atoms with Crippen LogP contribution in [0.4, 0.5) is 0 Å². The molecule has 0 aliphatic carbocycles. The Labute approximate surface area is 142 Å². The van der Waals surface area contributed by atoms with E-state index in [-0.39, 0.29) is 17.9 Å². The number of aromatic nitrogens is 4. The maximum Gasteiger partial charge on any atom is 0.245 e. The summed E-state index contributed by atoms with van der Waals surface area (Å²) in [5.41, 5.74) is 0.719. The van der Waals surface area contributed by atoms with Crippen molar-refractivity contribution >= 4 is 5.91 Å². The largest absolute Gasteiger partial charge is 0.391 e. The molecule has 0 aliphatic heterocycles. The van der Waals surface area contributed by atoms with Gasteiger partial charge in [-0.3, -0.25) is 4.79 Å². The summed E-state index contributed by atoms with van der Waals surface area (Å²) in [6.45, 7) is 7.73. The van der Waals surface area contributed by atoms with Crippen molar-refractivity contribution in [1.29, 1.82) is 0 Å². The van der Waals surface area contributed by atoms with Crippen molar-refractivity contribution in [3.05, 3.63) is 41.7 Å². The molecule has 2 aromatic rings. The number of carbonyl (C=O) groups is 1. The van der Waals surface area contributed by atoms with E-state index in [1.807, 2.05) is 51.1 Å². The molecular formula is C17H25N5O2. The van der Waals surface area contributed by atoms with Gasteiger partial charge >= 0.3 is 0 Å². The Kier molecular flexibility index (Phi) is 5.66. The Balaban J connectivity index is 2.14. The Morgan fingerprint density at radius 3 is 2.50 bits per heavy atom. The van der Waals surface area contributed by atoms with Gasteiger partial charge in [-0.05, 0) is 28.3 Å². The number of aliphatic hydroxyl groups excluding tert-OH is 1. The lowest BCUT2D eigenvalue weighted by atomic mass is 9.89. The molecule has 0 fully saturated rings. The van der Waals surface area contributed by atoms with Crippen LogP contribution in [0.2, 0.25) is 0 Å². The lowest BCUT2D eigenvalue weighted by Gasteiger charge is -2.27. The number of hydrogen-bond donors (Lipinski definition) is 2. The van der Waals surface area contributed by atoms with E-state index in [4.69, 9.17) is 0 Å². The van der Waals surface area contributed by atoms with Crippen LogP contribution in [-0.4, -0.2) is 43.9 Å². The van der Waals surface area contributed by atoms with Crippen LogP contribution in [0.5, 0.6) is 0 Å². The average Bonchev–Trinajstić information content (AvgIpc) is 2.96. The second kappa shape index (κ2) is 7.53. The molecule has 0 saturated carbocycles. The number of nitrogens with one attached hydrogen (secondary N) is 1. The average molecular weight is 331 g/mol. The number of nitrogens with zero attached hydrogens (tertiary/aromatic N) is 4. The normalized spacial score (nSPS) is 14.2. The Morgan fingerprint density at radius 1 is 1.29 bits per heavy atom. The minimum Gasteiger partial charge on any atom is -0.391 e. The van der Waals surface area contributed by atoms with E-state index >= 15 is 0 Å². The number of carbonyl (C=O) groups excluding carboxylic acids is 1. The molecule has 0 radical (unpaired) electrons. The third-order valence-electron chi connectivity index (χ3n) is 4.00. The van der Waals surface area contributed by atoms with Gasteiger partial charge in [0, 0.05) is 13.0 Å². The molecule has 1 heterocycles. The number of aryl methyl sites for hydroxylation is 1. The molecule has 2 N–H and O–H groups in total. The minimum atomic E-state index is -0.631. The standard InChI is InChI=1S/C17H25N5O2/c1-12-19-20-21-22(12)14(10-13-8-6-5-7-9-13)16(24)18-11-15(23)17(2,3)4/h5-9,14-15,23H,10-11H2,1-4H3,(H,18,24). The van der Waals surface area contributed by atoms with E-state index in [0.717, 1.165) is 5.56 Å². The second-order valence-electron chi connectivity index (χ2n) is 7.00. The van der Waals surface area contributed by atoms with Crippen LogP contribution >= 0.6 is 0 Å². The topological polar surface area (TPSA) is 92.9 Å². The third-order valence-corrected chi connectivity index (χ3v) is 4.00. The fourth-order valence-electron chi connectivity index (χ4n) is 2.28. The summed E-state index contributed by atoms with van der Waals surface area (Å²) in [5.74, 6) is 0.361. The Bertz CT molecular complexity index is 663. The highest BCUT2D eigenvalue weighted by molar-refractivity contribution is 5.80. The molecule has 7 nitrogen and oxygen atoms in total. The summed E-state index contributed by atoms with van der Waals surface area (Å²) in [7, 11) is 0. The molecule has 0 saturated heterocycles. The maximum atomic E-state index is 12.7. The van der Waals surface area contributed by atoms with Gasteiger partial charge in [-0.1, -0.05) is 51.1 Å². The first-order valence-electron chi connectivity index (χ1n) is 8.03. The maximum absolute atomic E-state index is 12.7. The third kappa shape index (κ3) is 4.61. The Morgan fingerprint density at radius 2 is 1.96 bits per heavy atom. The van der Waals surface area contributed by atoms with Crippen LogP contribution in [0.15, 0.2) is 30.3 Å². The highest BCUT2D eigenvalue weighted by Gasteiger charge is 2.27. The molecule has 2 rings (SSSR count). The number of benzene rings is 1. The van der Waals surface area contributed by atoms with Crippen LogP contribution in [0.3, 0.4) is 0 Å². The summed E-state index contributed by atoms with van der Waals surface area (Å²) in [4.78, 5) is 12.7. The minimum absolute atomic E-state index is 0.189. The molecule has 7 heteroatoms. The molecule has 1 amide bonds. The van der Waals surface area contributed by atoms with Crippen molar-refractivity contribution in [3.8, 4) is 0 Å². The summed E-state index contributed by atoms with van der Waals surface area (Å²) in [6, 6.07) is 9.16. The summed E-state index contributed by atoms with van der Waals surface area (Å²) in [6.07, 6.45) is -0.154. The predicted molar refractivity (Wildman–Crippen MR) is 90.2 cm³/mol. The van der Waals surface area contributed by atoms with Crippen molar-refractivity contribution in [2.45, 2.75) is 46.3 Å². The van der Waals surface area contributed by atoms with Crippen LogP contribution < -0.4 is 5.32 Å². The number of tetrazole rings is 1. The van der Waals surface area contributed by atoms with Crippen molar-refractivity contribution in [3.63, 3.8) is 0 Å². The first kappa shape index (κ1) is 18.1. The van der Waals surface area contributed by atoms with Gasteiger partial charge in [0.05, 0.1) is 6.10 Å². The van der Waals surface area contributed by atoms with Crippen molar-refractivity contribution in [2.24, 2.45) is 5.41 Å². The van der Waals surface area contributed by atoms with Gasteiger partial charge in [0.25, 0.3) is 0 Å². The van der Waals surface area contributed by atoms with Crippen molar-refractivity contribution in [1.82, 2.24) is 25.5 Å². The number of rotatable bonds is 6. The zero-order chi connectivity index (χ0) is 17.7. The van der Waals surface area contributed by atoms with E-state index < -0.39 is 12.1 Å². The quantitative estimate of drug-likeness (QED) is 0.832. The molecule has 2 unspecified atom stereocenters. The van der Waals surface area contributed by atoms with Gasteiger partial charge in [0.1, 0.15) is 11.9 Å². The first-order chi connectivity index (χ1) is 11.3. The summed E-state index contributed by atoms with van der Waals surface area (Å²) < 4.78 is 1.52. The molecular weight excluding hydrogens is 306 g/mol. The van der Waals surface area contributed by atoms with Gasteiger partial charge in [-0.15, -0.1) is 5.10 Å². The SMILES string of the molecule is Cc1nnnn1C(Cc1ccccc1)C(=O)NCC(O)C(C)(C)C. The van der Waals surface area contributed by atoms with E-state index in [1.54, 1.807) is 6.92 Å². The van der Waals surface area contributed by atoms with Gasteiger partial charge in [0.2, 0.25) is 5.91 Å². The number of amides is 1. The van der Waals surface area contributed by atoms with Gasteiger partial charge < -0.3 is 10.4 Å². The first-order valence-corrected chi connectivity index (χ1v) is 8.03. The number of hydrogen-bond acceptors (Lipinski definition) is 5. The van der Waals surface area contributed by atoms with Crippen molar-refractivity contribution in [2.75, 3.05) is 6.54 Å². The molecule has 0 spiro atoms. The molecule has 2 atom stereocenters. The smallest absolute Gasteiger partial charge is 0.245 e. The highest BCUT2D eigenvalue weighted by Crippen LogP contribution is 2.19. The van der Waals surface area contributed by atoms with Crippen LogP contribution in [0, 0.1) is 12.3 Å². The molecule has 1 aromatic carbocycles. The van der Waals surface area contributed by atoms with E-state index in [2.05, 4.69) is 20.8 Å². The second-order valence-corrected chi connectivity index (χ2v) is 7.00. The van der Waals surface area contributed by atoms with Crippen LogP contribution in [0.1, 0.15) is 38.2 Å². The zero-order valence-corrected chi connectivity index (χ0v) is 14.6. The molecule has 1 aromatic heterocycles. The lowest BCUT2D eigenvalue weighted by molar-refractivity contribution is -0.125. The van der Waals surface area contributed by atoms with Gasteiger partial charge in [0.15, 0.2) is 0 Å². The molecule has 130 valence electrons. The molecule has 0 aliphatic rings. The van der Waals surface area contributed by atoms with E-state index in [0.29, 0.717) is 12.2 Å². The highest BCUT2D eigenvalue weighted by atomic mass is 16.3. The fraction of sp³-hybridized carbons (Fsp3) is 0.529.